The fourth-order valence-electron chi connectivity index (χ4n) is 3.84. The summed E-state index contributed by atoms with van der Waals surface area (Å²) < 4.78 is 6.22. The van der Waals surface area contributed by atoms with Crippen molar-refractivity contribution in [2.75, 3.05) is 19.7 Å². The van der Waals surface area contributed by atoms with Crippen molar-refractivity contribution in [1.82, 2.24) is 15.5 Å². The zero-order valence-corrected chi connectivity index (χ0v) is 14.3. The van der Waals surface area contributed by atoms with Crippen LogP contribution in [0.1, 0.15) is 24.0 Å². The summed E-state index contributed by atoms with van der Waals surface area (Å²) in [5.74, 6) is 0. The fraction of sp³-hybridized carbons (Fsp3) is 0.350. The Morgan fingerprint density at radius 3 is 2.72 bits per heavy atom. The summed E-state index contributed by atoms with van der Waals surface area (Å²) in [6.07, 6.45) is 3.98. The van der Waals surface area contributed by atoms with Crippen molar-refractivity contribution in [3.05, 3.63) is 59.8 Å². The van der Waals surface area contributed by atoms with Crippen molar-refractivity contribution in [1.29, 1.82) is 0 Å². The number of aromatic amines is 1. The maximum Gasteiger partial charge on any atom is 0.113 e. The lowest BCUT2D eigenvalue weighted by Crippen LogP contribution is -2.43. The predicted molar refractivity (Wildman–Crippen MR) is 101 cm³/mol. The molecule has 3 aromatic rings. The average Bonchev–Trinajstić information content (AvgIpc) is 3.12. The van der Waals surface area contributed by atoms with E-state index in [0.29, 0.717) is 13.2 Å². The standard InChI is InChI=1S/C20H22BN3O/c21-18-10-15-12-23-24-19(15)16(11-18)13-25-14-20(6-8-22-9-7-20)17-4-2-1-3-5-17/h1-5,10-12,22H,6-9,13-14H2,(H,23,24). The third kappa shape index (κ3) is 3.35. The third-order valence-corrected chi connectivity index (χ3v) is 5.24. The van der Waals surface area contributed by atoms with Crippen LogP contribution in [0.4, 0.5) is 0 Å². The van der Waals surface area contributed by atoms with Gasteiger partial charge in [-0.15, -0.1) is 0 Å². The van der Waals surface area contributed by atoms with Gasteiger partial charge in [0.25, 0.3) is 0 Å². The molecule has 1 aromatic heterocycles. The lowest BCUT2D eigenvalue weighted by Gasteiger charge is -2.38. The molecule has 2 heterocycles. The van der Waals surface area contributed by atoms with Gasteiger partial charge in [-0.05, 0) is 31.5 Å². The molecule has 0 unspecified atom stereocenters. The van der Waals surface area contributed by atoms with Gasteiger partial charge < -0.3 is 10.1 Å². The molecule has 4 rings (SSSR count). The van der Waals surface area contributed by atoms with Gasteiger partial charge in [0.05, 0.1) is 24.9 Å². The van der Waals surface area contributed by atoms with Crippen LogP contribution >= 0.6 is 0 Å². The maximum absolute atomic E-state index is 6.22. The number of nitrogens with one attached hydrogen (secondary N) is 2. The minimum Gasteiger partial charge on any atom is -0.376 e. The Kier molecular flexibility index (Phi) is 4.60. The zero-order valence-electron chi connectivity index (χ0n) is 14.3. The topological polar surface area (TPSA) is 49.9 Å². The molecule has 0 aliphatic carbocycles. The number of hydrogen-bond acceptors (Lipinski definition) is 3. The van der Waals surface area contributed by atoms with E-state index in [1.807, 2.05) is 12.1 Å². The number of fused-ring (bicyclic) bond motifs is 1. The first-order valence-corrected chi connectivity index (χ1v) is 8.82. The largest absolute Gasteiger partial charge is 0.376 e. The van der Waals surface area contributed by atoms with Crippen LogP contribution < -0.4 is 10.8 Å². The van der Waals surface area contributed by atoms with Gasteiger partial charge in [0.1, 0.15) is 7.85 Å². The highest BCUT2D eigenvalue weighted by Crippen LogP contribution is 2.34. The van der Waals surface area contributed by atoms with Crippen molar-refractivity contribution >= 4 is 24.2 Å². The SMILES string of the molecule is [B]c1cc(COCC2(c3ccccc3)CCNCC2)c2[nH]ncc2c1. The Morgan fingerprint density at radius 1 is 1.12 bits per heavy atom. The molecule has 0 saturated carbocycles. The molecule has 2 N–H and O–H groups in total. The second-order valence-corrected chi connectivity index (χ2v) is 6.90. The van der Waals surface area contributed by atoms with E-state index in [1.54, 1.807) is 6.20 Å². The monoisotopic (exact) mass is 331 g/mol. The highest BCUT2D eigenvalue weighted by atomic mass is 16.5. The van der Waals surface area contributed by atoms with Crippen LogP contribution in [-0.4, -0.2) is 37.7 Å². The second-order valence-electron chi connectivity index (χ2n) is 6.90. The summed E-state index contributed by atoms with van der Waals surface area (Å²) in [6.45, 7) is 3.30. The van der Waals surface area contributed by atoms with Gasteiger partial charge in [-0.1, -0.05) is 47.9 Å². The molecule has 0 bridgehead atoms. The number of H-pyrrole nitrogens is 1. The lowest BCUT2D eigenvalue weighted by atomic mass is 9.74. The molecule has 5 heteroatoms. The lowest BCUT2D eigenvalue weighted by molar-refractivity contribution is 0.0570. The molecule has 1 aliphatic rings. The van der Waals surface area contributed by atoms with Gasteiger partial charge in [-0.3, -0.25) is 5.10 Å². The summed E-state index contributed by atoms with van der Waals surface area (Å²) in [6, 6.07) is 14.7. The molecule has 2 radical (unpaired) electrons. The first-order valence-electron chi connectivity index (χ1n) is 8.82. The molecule has 0 spiro atoms. The summed E-state index contributed by atoms with van der Waals surface area (Å²) >= 11 is 0. The van der Waals surface area contributed by atoms with E-state index in [-0.39, 0.29) is 5.41 Å². The van der Waals surface area contributed by atoms with Crippen molar-refractivity contribution < 1.29 is 4.74 Å². The number of ether oxygens (including phenoxy) is 1. The highest BCUT2D eigenvalue weighted by molar-refractivity contribution is 6.33. The first kappa shape index (κ1) is 16.4. The Labute approximate surface area is 149 Å². The smallest absolute Gasteiger partial charge is 0.113 e. The normalized spacial score (nSPS) is 17.0. The molecule has 1 aliphatic heterocycles. The molecule has 1 saturated heterocycles. The van der Waals surface area contributed by atoms with Crippen molar-refractivity contribution in [3.63, 3.8) is 0 Å². The maximum atomic E-state index is 6.22. The van der Waals surface area contributed by atoms with Gasteiger partial charge in [-0.2, -0.15) is 5.10 Å². The molecule has 0 amide bonds. The summed E-state index contributed by atoms with van der Waals surface area (Å²) in [5, 5.41) is 11.7. The third-order valence-electron chi connectivity index (χ3n) is 5.24. The van der Waals surface area contributed by atoms with Gasteiger partial charge in [-0.25, -0.2) is 0 Å². The minimum atomic E-state index is 0.0833. The molecular formula is C20H22BN3O. The number of aromatic nitrogens is 2. The van der Waals surface area contributed by atoms with Crippen molar-refractivity contribution in [3.8, 4) is 0 Å². The van der Waals surface area contributed by atoms with E-state index >= 15 is 0 Å². The van der Waals surface area contributed by atoms with Gasteiger partial charge in [0.15, 0.2) is 0 Å². The number of nitrogens with zero attached hydrogens (tertiary/aromatic N) is 1. The molecule has 25 heavy (non-hydrogen) atoms. The van der Waals surface area contributed by atoms with E-state index < -0.39 is 0 Å². The molecule has 126 valence electrons. The van der Waals surface area contributed by atoms with Gasteiger partial charge >= 0.3 is 0 Å². The zero-order chi connectivity index (χ0) is 17.1. The van der Waals surface area contributed by atoms with Crippen molar-refractivity contribution in [2.45, 2.75) is 24.9 Å². The van der Waals surface area contributed by atoms with Crippen LogP contribution in [-0.2, 0) is 16.8 Å². The van der Waals surface area contributed by atoms with Crippen molar-refractivity contribution in [2.24, 2.45) is 0 Å². The van der Waals surface area contributed by atoms with Gasteiger partial charge in [0.2, 0.25) is 0 Å². The molecule has 1 fully saturated rings. The van der Waals surface area contributed by atoms with E-state index in [9.17, 15) is 0 Å². The molecule has 2 aromatic carbocycles. The molecule has 0 atom stereocenters. The van der Waals surface area contributed by atoms with Crippen LogP contribution in [0.15, 0.2) is 48.7 Å². The Balaban J connectivity index is 1.53. The quantitative estimate of drug-likeness (QED) is 0.705. The first-order chi connectivity index (χ1) is 12.3. The predicted octanol–water partition coefficient (Wildman–Crippen LogP) is 2.19. The number of piperidine rings is 1. The van der Waals surface area contributed by atoms with E-state index in [4.69, 9.17) is 12.6 Å². The Hall–Kier alpha value is -2.11. The van der Waals surface area contributed by atoms with Crippen LogP contribution in [0, 0.1) is 0 Å². The van der Waals surface area contributed by atoms with Gasteiger partial charge in [0, 0.05) is 16.4 Å². The molecular weight excluding hydrogens is 309 g/mol. The second kappa shape index (κ2) is 7.02. The van der Waals surface area contributed by atoms with Crippen LogP contribution in [0.5, 0.6) is 0 Å². The van der Waals surface area contributed by atoms with E-state index in [0.717, 1.165) is 47.9 Å². The minimum absolute atomic E-state index is 0.0833. The Bertz CT molecular complexity index is 841. The van der Waals surface area contributed by atoms with E-state index in [2.05, 4.69) is 45.8 Å². The average molecular weight is 331 g/mol. The number of hydrogen-bond donors (Lipinski definition) is 2. The number of benzene rings is 2. The highest BCUT2D eigenvalue weighted by Gasteiger charge is 2.34. The van der Waals surface area contributed by atoms with E-state index in [1.165, 1.54) is 5.56 Å². The number of rotatable bonds is 5. The summed E-state index contributed by atoms with van der Waals surface area (Å²) in [7, 11) is 6.01. The summed E-state index contributed by atoms with van der Waals surface area (Å²) in [5.41, 5.74) is 4.26. The molecule has 4 nitrogen and oxygen atoms in total. The summed E-state index contributed by atoms with van der Waals surface area (Å²) in [4.78, 5) is 0. The van der Waals surface area contributed by atoms with Crippen LogP contribution in [0.25, 0.3) is 10.9 Å². The van der Waals surface area contributed by atoms with Crippen LogP contribution in [0.3, 0.4) is 0 Å². The Morgan fingerprint density at radius 2 is 1.92 bits per heavy atom. The fourth-order valence-corrected chi connectivity index (χ4v) is 3.84. The van der Waals surface area contributed by atoms with Crippen LogP contribution in [0.2, 0.25) is 0 Å².